The van der Waals surface area contributed by atoms with E-state index in [1.165, 1.54) is 6.08 Å². The van der Waals surface area contributed by atoms with Gasteiger partial charge in [0, 0.05) is 17.5 Å². The molecule has 1 unspecified atom stereocenters. The summed E-state index contributed by atoms with van der Waals surface area (Å²) in [6.45, 7) is 1.88. The van der Waals surface area contributed by atoms with Crippen LogP contribution >= 0.6 is 0 Å². The van der Waals surface area contributed by atoms with Crippen LogP contribution in [0.3, 0.4) is 0 Å². The number of ketones is 1. The molecular formula is C19H22O5. The summed E-state index contributed by atoms with van der Waals surface area (Å²) in [4.78, 5) is 12.4. The molecule has 1 aromatic rings. The first-order valence-electron chi connectivity index (χ1n) is 7.63. The van der Waals surface area contributed by atoms with E-state index in [0.29, 0.717) is 28.4 Å². The molecule has 0 saturated carbocycles. The topological polar surface area (TPSA) is 65.0 Å². The van der Waals surface area contributed by atoms with E-state index in [4.69, 9.17) is 14.2 Å². The van der Waals surface area contributed by atoms with E-state index in [2.05, 4.69) is 0 Å². The van der Waals surface area contributed by atoms with Crippen LogP contribution in [0.2, 0.25) is 0 Å². The molecular weight excluding hydrogens is 308 g/mol. The highest BCUT2D eigenvalue weighted by Gasteiger charge is 2.19. The molecule has 0 aromatic heterocycles. The number of hydrogen-bond donors (Lipinski definition) is 1. The Morgan fingerprint density at radius 1 is 1.12 bits per heavy atom. The monoisotopic (exact) mass is 330 g/mol. The smallest absolute Gasteiger partial charge is 0.189 e. The van der Waals surface area contributed by atoms with E-state index in [-0.39, 0.29) is 17.5 Å². The average Bonchev–Trinajstić information content (AvgIpc) is 2.61. The minimum atomic E-state index is -0.257. The minimum absolute atomic E-state index is 0.0435. The standard InChI is InChI=1S/C19H22O5/c1-12-6-5-7-14(19(12)21)15(20)9-8-13-10-17(23-3)18(24-4)11-16(13)22-2/h5,7-12,21H,6H2,1-4H3/b9-8+. The highest BCUT2D eigenvalue weighted by atomic mass is 16.5. The van der Waals surface area contributed by atoms with E-state index in [9.17, 15) is 9.90 Å². The molecule has 0 aliphatic heterocycles. The normalized spacial score (nSPS) is 17.2. The number of aliphatic hydroxyl groups is 1. The van der Waals surface area contributed by atoms with Crippen LogP contribution in [0.5, 0.6) is 17.2 Å². The van der Waals surface area contributed by atoms with Crippen LogP contribution < -0.4 is 14.2 Å². The SMILES string of the molecule is COc1cc(OC)c(OC)cc1/C=C/C(=O)C1=C(O)C(C)CC=C1. The Morgan fingerprint density at radius 2 is 1.75 bits per heavy atom. The zero-order valence-corrected chi connectivity index (χ0v) is 14.3. The fraction of sp³-hybridized carbons (Fsp3) is 0.316. The summed E-state index contributed by atoms with van der Waals surface area (Å²) < 4.78 is 15.8. The van der Waals surface area contributed by atoms with Crippen molar-refractivity contribution in [3.05, 3.63) is 47.3 Å². The van der Waals surface area contributed by atoms with Gasteiger partial charge >= 0.3 is 0 Å². The number of carbonyl (C=O) groups excluding carboxylic acids is 1. The lowest BCUT2D eigenvalue weighted by Gasteiger charge is -2.15. The molecule has 5 heteroatoms. The van der Waals surface area contributed by atoms with Crippen molar-refractivity contribution < 1.29 is 24.1 Å². The van der Waals surface area contributed by atoms with Crippen molar-refractivity contribution in [1.29, 1.82) is 0 Å². The van der Waals surface area contributed by atoms with Gasteiger partial charge in [0.1, 0.15) is 11.5 Å². The van der Waals surface area contributed by atoms with E-state index in [1.54, 1.807) is 45.6 Å². The number of ether oxygens (including phenoxy) is 3. The molecule has 0 spiro atoms. The number of rotatable bonds is 6. The third kappa shape index (κ3) is 3.62. The van der Waals surface area contributed by atoms with Gasteiger partial charge in [0.25, 0.3) is 0 Å². The molecule has 128 valence electrons. The van der Waals surface area contributed by atoms with Crippen molar-refractivity contribution in [3.8, 4) is 17.2 Å². The number of hydrogen-bond acceptors (Lipinski definition) is 5. The van der Waals surface area contributed by atoms with Crippen molar-refractivity contribution >= 4 is 11.9 Å². The van der Waals surface area contributed by atoms with Crippen LogP contribution in [0.15, 0.2) is 41.7 Å². The lowest BCUT2D eigenvalue weighted by atomic mass is 9.93. The van der Waals surface area contributed by atoms with Gasteiger partial charge in [-0.2, -0.15) is 0 Å². The van der Waals surface area contributed by atoms with Gasteiger partial charge in [-0.1, -0.05) is 19.1 Å². The van der Waals surface area contributed by atoms with Gasteiger partial charge in [-0.3, -0.25) is 4.79 Å². The van der Waals surface area contributed by atoms with Crippen molar-refractivity contribution in [2.45, 2.75) is 13.3 Å². The van der Waals surface area contributed by atoms with Gasteiger partial charge in [0.05, 0.1) is 26.9 Å². The molecule has 1 aliphatic rings. The number of allylic oxidation sites excluding steroid dienone is 5. The predicted molar refractivity (Wildman–Crippen MR) is 92.7 cm³/mol. The maximum atomic E-state index is 12.4. The van der Waals surface area contributed by atoms with Gasteiger partial charge in [-0.15, -0.1) is 0 Å². The molecule has 1 atom stereocenters. The molecule has 0 fully saturated rings. The number of methoxy groups -OCH3 is 3. The quantitative estimate of drug-likeness (QED) is 0.806. The number of benzene rings is 1. The second kappa shape index (κ2) is 7.73. The first-order chi connectivity index (χ1) is 11.5. The van der Waals surface area contributed by atoms with E-state index < -0.39 is 0 Å². The Morgan fingerprint density at radius 3 is 2.38 bits per heavy atom. The zero-order valence-electron chi connectivity index (χ0n) is 14.3. The van der Waals surface area contributed by atoms with E-state index >= 15 is 0 Å². The zero-order chi connectivity index (χ0) is 17.7. The summed E-state index contributed by atoms with van der Waals surface area (Å²) in [7, 11) is 4.63. The van der Waals surface area contributed by atoms with Crippen LogP contribution in [0.4, 0.5) is 0 Å². The summed E-state index contributed by atoms with van der Waals surface area (Å²) in [5.74, 6) is 1.47. The second-order valence-electron chi connectivity index (χ2n) is 5.48. The maximum absolute atomic E-state index is 12.4. The largest absolute Gasteiger partial charge is 0.511 e. The Hall–Kier alpha value is -2.69. The highest BCUT2D eigenvalue weighted by Crippen LogP contribution is 2.35. The van der Waals surface area contributed by atoms with Crippen molar-refractivity contribution in [2.75, 3.05) is 21.3 Å². The fourth-order valence-corrected chi connectivity index (χ4v) is 2.50. The van der Waals surface area contributed by atoms with Gasteiger partial charge in [-0.25, -0.2) is 0 Å². The Labute approximate surface area is 141 Å². The molecule has 1 N–H and O–H groups in total. The van der Waals surface area contributed by atoms with Crippen molar-refractivity contribution in [2.24, 2.45) is 5.92 Å². The molecule has 5 nitrogen and oxygen atoms in total. The highest BCUT2D eigenvalue weighted by molar-refractivity contribution is 6.08. The summed E-state index contributed by atoms with van der Waals surface area (Å²) in [6.07, 6.45) is 7.33. The molecule has 24 heavy (non-hydrogen) atoms. The number of carbonyl (C=O) groups is 1. The van der Waals surface area contributed by atoms with Crippen molar-refractivity contribution in [3.63, 3.8) is 0 Å². The molecule has 0 amide bonds. The van der Waals surface area contributed by atoms with Crippen LogP contribution in [0.1, 0.15) is 18.9 Å². The summed E-state index contributed by atoms with van der Waals surface area (Å²) in [5.41, 5.74) is 1.00. The lowest BCUT2D eigenvalue weighted by Crippen LogP contribution is -2.10. The lowest BCUT2D eigenvalue weighted by molar-refractivity contribution is -0.111. The van der Waals surface area contributed by atoms with E-state index in [0.717, 1.165) is 6.42 Å². The molecule has 0 heterocycles. The maximum Gasteiger partial charge on any atom is 0.189 e. The third-order valence-electron chi connectivity index (χ3n) is 3.93. The summed E-state index contributed by atoms with van der Waals surface area (Å²) in [5, 5.41) is 10.1. The molecule has 0 saturated heterocycles. The van der Waals surface area contributed by atoms with Gasteiger partial charge < -0.3 is 19.3 Å². The average molecular weight is 330 g/mol. The fourth-order valence-electron chi connectivity index (χ4n) is 2.50. The Balaban J connectivity index is 2.33. The molecule has 0 bridgehead atoms. The van der Waals surface area contributed by atoms with Crippen molar-refractivity contribution in [1.82, 2.24) is 0 Å². The first kappa shape index (κ1) is 17.7. The minimum Gasteiger partial charge on any atom is -0.511 e. The molecule has 2 rings (SSSR count). The Bertz CT molecular complexity index is 713. The van der Waals surface area contributed by atoms with Gasteiger partial charge in [-0.05, 0) is 24.6 Å². The summed E-state index contributed by atoms with van der Waals surface area (Å²) in [6, 6.07) is 3.43. The van der Waals surface area contributed by atoms with Crippen LogP contribution in [0, 0.1) is 5.92 Å². The van der Waals surface area contributed by atoms with Gasteiger partial charge in [0.15, 0.2) is 17.3 Å². The van der Waals surface area contributed by atoms with Gasteiger partial charge in [0.2, 0.25) is 0 Å². The van der Waals surface area contributed by atoms with Crippen LogP contribution in [-0.2, 0) is 4.79 Å². The second-order valence-corrected chi connectivity index (χ2v) is 5.48. The predicted octanol–water partition coefficient (Wildman–Crippen LogP) is 3.70. The van der Waals surface area contributed by atoms with E-state index in [1.807, 2.05) is 13.0 Å². The van der Waals surface area contributed by atoms with Crippen LogP contribution in [0.25, 0.3) is 6.08 Å². The molecule has 1 aliphatic carbocycles. The molecule has 1 aromatic carbocycles. The first-order valence-corrected chi connectivity index (χ1v) is 7.63. The third-order valence-corrected chi connectivity index (χ3v) is 3.93. The summed E-state index contributed by atoms with van der Waals surface area (Å²) >= 11 is 0. The van der Waals surface area contributed by atoms with Crippen LogP contribution in [-0.4, -0.2) is 32.2 Å². The Kier molecular flexibility index (Phi) is 5.68. The number of aliphatic hydroxyl groups excluding tert-OH is 1. The molecule has 0 radical (unpaired) electrons.